The molecule has 0 amide bonds. The summed E-state index contributed by atoms with van der Waals surface area (Å²) in [5, 5.41) is 10.9. The van der Waals surface area contributed by atoms with Gasteiger partial charge in [0.15, 0.2) is 0 Å². The number of oxime groups is 1. The molecule has 0 fully saturated rings. The first-order valence-electron chi connectivity index (χ1n) is 3.19. The van der Waals surface area contributed by atoms with E-state index in [2.05, 4.69) is 15.1 Å². The van der Waals surface area contributed by atoms with E-state index >= 15 is 0 Å². The average Bonchev–Trinajstić information content (AvgIpc) is 1.96. The number of hydrogen-bond acceptors (Lipinski definition) is 5. The summed E-state index contributed by atoms with van der Waals surface area (Å²) in [6, 6.07) is 0. The van der Waals surface area contributed by atoms with Crippen LogP contribution in [0.3, 0.4) is 0 Å². The van der Waals surface area contributed by atoms with Crippen LogP contribution in [0, 0.1) is 6.92 Å². The van der Waals surface area contributed by atoms with Crippen molar-refractivity contribution in [1.29, 1.82) is 0 Å². The summed E-state index contributed by atoms with van der Waals surface area (Å²) in [6.07, 6.45) is 1.01. The first-order chi connectivity index (χ1) is 5.65. The molecule has 64 valence electrons. The first-order valence-corrected chi connectivity index (χ1v) is 3.19. The van der Waals surface area contributed by atoms with Gasteiger partial charge in [-0.15, -0.1) is 0 Å². The molecule has 0 saturated carbocycles. The molecule has 0 unspecified atom stereocenters. The molecule has 0 aliphatic rings. The lowest BCUT2D eigenvalue weighted by Gasteiger charge is -1.97. The van der Waals surface area contributed by atoms with E-state index in [9.17, 15) is 4.79 Å². The van der Waals surface area contributed by atoms with Crippen LogP contribution in [0.15, 0.2) is 9.95 Å². The number of hydrogen-bond donors (Lipinski definition) is 3. The molecule has 6 nitrogen and oxygen atoms in total. The standard InChI is InChI=1S/C6H8N4O2/c1-3-4(2-8-12)5(11)10-6(7)9-3/h2,12H,1H3,(H3,7,9,10,11)/b8-2+. The number of nitrogen functional groups attached to an aromatic ring is 1. The summed E-state index contributed by atoms with van der Waals surface area (Å²) in [7, 11) is 0. The number of nitrogens with zero attached hydrogens (tertiary/aromatic N) is 2. The van der Waals surface area contributed by atoms with E-state index in [1.807, 2.05) is 0 Å². The smallest absolute Gasteiger partial charge is 0.261 e. The average molecular weight is 168 g/mol. The normalized spacial score (nSPS) is 10.8. The van der Waals surface area contributed by atoms with Crippen molar-refractivity contribution in [2.75, 3.05) is 5.73 Å². The zero-order chi connectivity index (χ0) is 9.14. The summed E-state index contributed by atoms with van der Waals surface area (Å²) in [4.78, 5) is 17.1. The van der Waals surface area contributed by atoms with Gasteiger partial charge in [0, 0.05) is 0 Å². The molecule has 0 saturated heterocycles. The molecule has 4 N–H and O–H groups in total. The molecule has 1 aromatic rings. The zero-order valence-electron chi connectivity index (χ0n) is 6.40. The summed E-state index contributed by atoms with van der Waals surface area (Å²) < 4.78 is 0. The Morgan fingerprint density at radius 3 is 2.92 bits per heavy atom. The van der Waals surface area contributed by atoms with Crippen LogP contribution in [-0.2, 0) is 0 Å². The second kappa shape index (κ2) is 3.04. The van der Waals surface area contributed by atoms with Gasteiger partial charge in [-0.2, -0.15) is 0 Å². The quantitative estimate of drug-likeness (QED) is 0.298. The van der Waals surface area contributed by atoms with E-state index in [1.54, 1.807) is 6.92 Å². The summed E-state index contributed by atoms with van der Waals surface area (Å²) in [5.74, 6) is 0.0487. The van der Waals surface area contributed by atoms with E-state index in [0.29, 0.717) is 5.69 Å². The van der Waals surface area contributed by atoms with Gasteiger partial charge in [0.1, 0.15) is 0 Å². The molecular weight excluding hydrogens is 160 g/mol. The molecule has 1 aromatic heterocycles. The van der Waals surface area contributed by atoms with Crippen LogP contribution in [0.4, 0.5) is 5.95 Å². The van der Waals surface area contributed by atoms with Crippen LogP contribution in [0.5, 0.6) is 0 Å². The fraction of sp³-hybridized carbons (Fsp3) is 0.167. The Hall–Kier alpha value is -1.85. The first kappa shape index (κ1) is 8.25. The zero-order valence-corrected chi connectivity index (χ0v) is 6.40. The lowest BCUT2D eigenvalue weighted by molar-refractivity contribution is 0.321. The number of rotatable bonds is 1. The van der Waals surface area contributed by atoms with Crippen molar-refractivity contribution in [3.05, 3.63) is 21.6 Å². The Balaban J connectivity index is 3.38. The summed E-state index contributed by atoms with van der Waals surface area (Å²) in [5.41, 5.74) is 5.46. The topological polar surface area (TPSA) is 104 Å². The maximum absolute atomic E-state index is 11.1. The molecule has 0 bridgehead atoms. The van der Waals surface area contributed by atoms with Gasteiger partial charge in [0.05, 0.1) is 17.5 Å². The minimum Gasteiger partial charge on any atom is -0.411 e. The van der Waals surface area contributed by atoms with Crippen molar-refractivity contribution in [3.8, 4) is 0 Å². The van der Waals surface area contributed by atoms with Crippen LogP contribution in [0.1, 0.15) is 11.3 Å². The minimum atomic E-state index is -0.419. The Bertz CT molecular complexity index is 368. The Morgan fingerprint density at radius 2 is 2.42 bits per heavy atom. The van der Waals surface area contributed by atoms with E-state index in [-0.39, 0.29) is 11.5 Å². The number of aromatic nitrogens is 2. The molecule has 0 spiro atoms. The summed E-state index contributed by atoms with van der Waals surface area (Å²) >= 11 is 0. The third-order valence-corrected chi connectivity index (χ3v) is 1.35. The molecule has 0 aromatic carbocycles. The van der Waals surface area contributed by atoms with Crippen molar-refractivity contribution in [2.45, 2.75) is 6.92 Å². The highest BCUT2D eigenvalue weighted by Gasteiger charge is 2.03. The maximum atomic E-state index is 11.1. The van der Waals surface area contributed by atoms with E-state index in [0.717, 1.165) is 6.21 Å². The van der Waals surface area contributed by atoms with E-state index in [4.69, 9.17) is 10.9 Å². The van der Waals surface area contributed by atoms with Crippen molar-refractivity contribution >= 4 is 12.2 Å². The lowest BCUT2D eigenvalue weighted by atomic mass is 10.2. The Morgan fingerprint density at radius 1 is 1.75 bits per heavy atom. The third kappa shape index (κ3) is 1.42. The van der Waals surface area contributed by atoms with Crippen LogP contribution >= 0.6 is 0 Å². The number of nitrogens with one attached hydrogen (secondary N) is 1. The fourth-order valence-corrected chi connectivity index (χ4v) is 0.827. The Labute approximate surface area is 67.7 Å². The predicted octanol–water partition coefficient (Wildman–Crippen LogP) is -0.531. The van der Waals surface area contributed by atoms with Gasteiger partial charge in [-0.3, -0.25) is 9.78 Å². The highest BCUT2D eigenvalue weighted by Crippen LogP contribution is 1.95. The van der Waals surface area contributed by atoms with Crippen molar-refractivity contribution < 1.29 is 5.21 Å². The molecular formula is C6H8N4O2. The molecule has 0 atom stereocenters. The largest absolute Gasteiger partial charge is 0.411 e. The van der Waals surface area contributed by atoms with E-state index in [1.165, 1.54) is 0 Å². The molecule has 0 radical (unpaired) electrons. The molecule has 6 heteroatoms. The van der Waals surface area contributed by atoms with Crippen LogP contribution in [-0.4, -0.2) is 21.4 Å². The van der Waals surface area contributed by atoms with Gasteiger partial charge in [-0.1, -0.05) is 5.16 Å². The molecule has 1 heterocycles. The molecule has 0 aliphatic heterocycles. The van der Waals surface area contributed by atoms with Gasteiger partial charge >= 0.3 is 0 Å². The number of aryl methyl sites for hydroxylation is 1. The second-order valence-electron chi connectivity index (χ2n) is 2.19. The minimum absolute atomic E-state index is 0.0487. The van der Waals surface area contributed by atoms with Gasteiger partial charge in [0.25, 0.3) is 5.56 Å². The fourth-order valence-electron chi connectivity index (χ4n) is 0.827. The molecule has 1 rings (SSSR count). The lowest BCUT2D eigenvalue weighted by Crippen LogP contribution is -2.17. The molecule has 0 aliphatic carbocycles. The Kier molecular flexibility index (Phi) is 2.09. The van der Waals surface area contributed by atoms with Gasteiger partial charge < -0.3 is 10.9 Å². The molecule has 12 heavy (non-hydrogen) atoms. The highest BCUT2D eigenvalue weighted by molar-refractivity contribution is 5.79. The number of H-pyrrole nitrogens is 1. The second-order valence-corrected chi connectivity index (χ2v) is 2.19. The van der Waals surface area contributed by atoms with Crippen LogP contribution < -0.4 is 11.3 Å². The predicted molar refractivity (Wildman–Crippen MR) is 43.4 cm³/mol. The number of nitrogens with two attached hydrogens (primary N) is 1. The van der Waals surface area contributed by atoms with Crippen molar-refractivity contribution in [3.63, 3.8) is 0 Å². The number of aromatic amines is 1. The number of anilines is 1. The van der Waals surface area contributed by atoms with Crippen LogP contribution in [0.25, 0.3) is 0 Å². The van der Waals surface area contributed by atoms with Gasteiger partial charge in [-0.25, -0.2) is 4.98 Å². The third-order valence-electron chi connectivity index (χ3n) is 1.35. The van der Waals surface area contributed by atoms with Gasteiger partial charge in [0.2, 0.25) is 5.95 Å². The monoisotopic (exact) mass is 168 g/mol. The summed E-state index contributed by atoms with van der Waals surface area (Å²) in [6.45, 7) is 1.60. The highest BCUT2D eigenvalue weighted by atomic mass is 16.4. The van der Waals surface area contributed by atoms with Crippen molar-refractivity contribution in [1.82, 2.24) is 9.97 Å². The maximum Gasteiger partial charge on any atom is 0.261 e. The SMILES string of the molecule is Cc1nc(N)[nH]c(=O)c1/C=N/O. The van der Waals surface area contributed by atoms with E-state index < -0.39 is 5.56 Å². The van der Waals surface area contributed by atoms with Crippen LogP contribution in [0.2, 0.25) is 0 Å². The van der Waals surface area contributed by atoms with Gasteiger partial charge in [-0.05, 0) is 6.92 Å². The van der Waals surface area contributed by atoms with Crippen molar-refractivity contribution in [2.24, 2.45) is 5.16 Å².